The molecule has 0 amide bonds. The van der Waals surface area contributed by atoms with Gasteiger partial charge in [-0.05, 0) is 43.7 Å². The van der Waals surface area contributed by atoms with Crippen LogP contribution in [0.1, 0.15) is 17.0 Å². The van der Waals surface area contributed by atoms with E-state index >= 15 is 0 Å². The van der Waals surface area contributed by atoms with Gasteiger partial charge in [-0.1, -0.05) is 18.2 Å². The Morgan fingerprint density at radius 3 is 2.63 bits per heavy atom. The summed E-state index contributed by atoms with van der Waals surface area (Å²) in [7, 11) is 0. The smallest absolute Gasteiger partial charge is 0.255 e. The molecule has 3 aromatic heterocycles. The average Bonchev–Trinajstić information content (AvgIpc) is 2.96. The monoisotopic (exact) mass is 362 g/mol. The summed E-state index contributed by atoms with van der Waals surface area (Å²) < 4.78 is 16.7. The molecule has 0 atom stereocenters. The molecule has 0 spiro atoms. The standard InChI is InChI=1S/C21H19FN4O/c1-14-15(2)26-13-18(25-10-4-3-5-20(25)27)11-19(21(26)24-14)23-12-16-6-8-17(22)9-7-16/h3-11,13,23H,12H2,1-2H3. The van der Waals surface area contributed by atoms with Crippen LogP contribution in [0.15, 0.2) is 65.7 Å². The van der Waals surface area contributed by atoms with Gasteiger partial charge in [-0.3, -0.25) is 9.36 Å². The first-order valence-corrected chi connectivity index (χ1v) is 8.68. The van der Waals surface area contributed by atoms with Gasteiger partial charge in [0.25, 0.3) is 5.56 Å². The normalized spacial score (nSPS) is 11.1. The molecule has 1 aromatic carbocycles. The van der Waals surface area contributed by atoms with E-state index in [9.17, 15) is 9.18 Å². The highest BCUT2D eigenvalue weighted by Gasteiger charge is 2.12. The molecular weight excluding hydrogens is 343 g/mol. The van der Waals surface area contributed by atoms with Gasteiger partial charge in [0.2, 0.25) is 0 Å². The second-order valence-electron chi connectivity index (χ2n) is 6.48. The molecule has 0 bridgehead atoms. The predicted octanol–water partition coefficient (Wildman–Crippen LogP) is 3.85. The molecule has 0 saturated heterocycles. The molecule has 0 saturated carbocycles. The highest BCUT2D eigenvalue weighted by atomic mass is 19.1. The summed E-state index contributed by atoms with van der Waals surface area (Å²) in [6, 6.07) is 13.3. The van der Waals surface area contributed by atoms with E-state index in [4.69, 9.17) is 0 Å². The highest BCUT2D eigenvalue weighted by Crippen LogP contribution is 2.24. The van der Waals surface area contributed by atoms with E-state index in [0.29, 0.717) is 6.54 Å². The van der Waals surface area contributed by atoms with Crippen LogP contribution in [0.5, 0.6) is 0 Å². The Bertz CT molecular complexity index is 1180. The fourth-order valence-corrected chi connectivity index (χ4v) is 3.06. The molecule has 0 unspecified atom stereocenters. The molecule has 0 aliphatic rings. The molecule has 0 fully saturated rings. The summed E-state index contributed by atoms with van der Waals surface area (Å²) in [4.78, 5) is 16.9. The fourth-order valence-electron chi connectivity index (χ4n) is 3.06. The number of nitrogens with one attached hydrogen (secondary N) is 1. The van der Waals surface area contributed by atoms with Crippen LogP contribution in [0.2, 0.25) is 0 Å². The van der Waals surface area contributed by atoms with E-state index in [-0.39, 0.29) is 11.4 Å². The zero-order chi connectivity index (χ0) is 19.0. The van der Waals surface area contributed by atoms with Crippen LogP contribution in [0.3, 0.4) is 0 Å². The van der Waals surface area contributed by atoms with E-state index in [1.165, 1.54) is 18.2 Å². The van der Waals surface area contributed by atoms with Crippen molar-refractivity contribution in [2.75, 3.05) is 5.32 Å². The Kier molecular flexibility index (Phi) is 4.24. The lowest BCUT2D eigenvalue weighted by Gasteiger charge is -2.13. The van der Waals surface area contributed by atoms with Gasteiger partial charge in [-0.25, -0.2) is 9.37 Å². The van der Waals surface area contributed by atoms with Crippen LogP contribution in [0, 0.1) is 19.7 Å². The summed E-state index contributed by atoms with van der Waals surface area (Å²) in [5.41, 5.74) is 5.14. The number of nitrogens with zero attached hydrogens (tertiary/aromatic N) is 3. The Labute approximate surface area is 155 Å². The second kappa shape index (κ2) is 6.72. The van der Waals surface area contributed by atoms with Crippen LogP contribution >= 0.6 is 0 Å². The number of rotatable bonds is 4. The van der Waals surface area contributed by atoms with Crippen LogP contribution in [-0.2, 0) is 6.54 Å². The number of pyridine rings is 2. The average molecular weight is 362 g/mol. The van der Waals surface area contributed by atoms with Gasteiger partial charge < -0.3 is 9.72 Å². The molecule has 4 aromatic rings. The topological polar surface area (TPSA) is 51.3 Å². The number of benzene rings is 1. The number of anilines is 1. The molecule has 27 heavy (non-hydrogen) atoms. The molecule has 5 nitrogen and oxygen atoms in total. The van der Waals surface area contributed by atoms with Crippen molar-refractivity contribution in [2.45, 2.75) is 20.4 Å². The number of halogens is 1. The van der Waals surface area contributed by atoms with Crippen LogP contribution in [0.4, 0.5) is 10.1 Å². The molecular formula is C21H19FN4O. The molecule has 4 rings (SSSR count). The van der Waals surface area contributed by atoms with Crippen molar-refractivity contribution < 1.29 is 4.39 Å². The van der Waals surface area contributed by atoms with Crippen LogP contribution < -0.4 is 10.9 Å². The van der Waals surface area contributed by atoms with Crippen molar-refractivity contribution in [3.63, 3.8) is 0 Å². The zero-order valence-electron chi connectivity index (χ0n) is 15.1. The van der Waals surface area contributed by atoms with Crippen molar-refractivity contribution >= 4 is 11.3 Å². The van der Waals surface area contributed by atoms with Gasteiger partial charge in [0.15, 0.2) is 5.65 Å². The predicted molar refractivity (Wildman–Crippen MR) is 104 cm³/mol. The molecule has 0 aliphatic carbocycles. The SMILES string of the molecule is Cc1nc2c(NCc3ccc(F)cc3)cc(-n3ccccc3=O)cn2c1C. The number of aryl methyl sites for hydroxylation is 2. The lowest BCUT2D eigenvalue weighted by Crippen LogP contribution is -2.16. The third-order valence-electron chi connectivity index (χ3n) is 4.68. The Balaban J connectivity index is 1.80. The van der Waals surface area contributed by atoms with Crippen molar-refractivity contribution in [1.82, 2.24) is 14.0 Å². The van der Waals surface area contributed by atoms with E-state index in [1.54, 1.807) is 29.0 Å². The lowest BCUT2D eigenvalue weighted by molar-refractivity contribution is 0.627. The summed E-state index contributed by atoms with van der Waals surface area (Å²) >= 11 is 0. The zero-order valence-corrected chi connectivity index (χ0v) is 15.1. The van der Waals surface area contributed by atoms with Gasteiger partial charge in [-0.2, -0.15) is 0 Å². The maximum absolute atomic E-state index is 13.1. The van der Waals surface area contributed by atoms with Gasteiger partial charge >= 0.3 is 0 Å². The van der Waals surface area contributed by atoms with Crippen molar-refractivity contribution in [3.8, 4) is 5.69 Å². The molecule has 0 radical (unpaired) electrons. The molecule has 6 heteroatoms. The minimum absolute atomic E-state index is 0.101. The molecule has 1 N–H and O–H groups in total. The number of imidazole rings is 1. The van der Waals surface area contributed by atoms with Crippen LogP contribution in [0.25, 0.3) is 11.3 Å². The molecule has 136 valence electrons. The lowest BCUT2D eigenvalue weighted by atomic mass is 10.2. The number of hydrogen-bond donors (Lipinski definition) is 1. The molecule has 3 heterocycles. The number of hydrogen-bond acceptors (Lipinski definition) is 3. The van der Waals surface area contributed by atoms with Crippen molar-refractivity contribution in [1.29, 1.82) is 0 Å². The Morgan fingerprint density at radius 1 is 1.11 bits per heavy atom. The quantitative estimate of drug-likeness (QED) is 0.600. The minimum atomic E-state index is -0.258. The van der Waals surface area contributed by atoms with Gasteiger partial charge in [-0.15, -0.1) is 0 Å². The summed E-state index contributed by atoms with van der Waals surface area (Å²) in [5, 5.41) is 3.37. The maximum atomic E-state index is 13.1. The van der Waals surface area contributed by atoms with E-state index in [2.05, 4.69) is 10.3 Å². The van der Waals surface area contributed by atoms with E-state index in [0.717, 1.165) is 34.0 Å². The maximum Gasteiger partial charge on any atom is 0.255 e. The Hall–Kier alpha value is -3.41. The van der Waals surface area contributed by atoms with E-state index in [1.807, 2.05) is 36.6 Å². The van der Waals surface area contributed by atoms with Crippen molar-refractivity contribution in [2.24, 2.45) is 0 Å². The highest BCUT2D eigenvalue weighted by molar-refractivity contribution is 5.71. The molecule has 0 aliphatic heterocycles. The first-order valence-electron chi connectivity index (χ1n) is 8.68. The number of fused-ring (bicyclic) bond motifs is 1. The van der Waals surface area contributed by atoms with Gasteiger partial charge in [0.05, 0.1) is 17.1 Å². The van der Waals surface area contributed by atoms with Gasteiger partial charge in [0, 0.05) is 30.7 Å². The first-order chi connectivity index (χ1) is 13.0. The first kappa shape index (κ1) is 17.0. The van der Waals surface area contributed by atoms with Crippen molar-refractivity contribution in [3.05, 3.63) is 94.0 Å². The summed E-state index contributed by atoms with van der Waals surface area (Å²) in [6.45, 7) is 4.48. The minimum Gasteiger partial charge on any atom is -0.378 e. The summed E-state index contributed by atoms with van der Waals surface area (Å²) in [6.07, 6.45) is 3.65. The van der Waals surface area contributed by atoms with Gasteiger partial charge in [0.1, 0.15) is 5.82 Å². The van der Waals surface area contributed by atoms with E-state index < -0.39 is 0 Å². The third kappa shape index (κ3) is 3.21. The Morgan fingerprint density at radius 2 is 1.89 bits per heavy atom. The third-order valence-corrected chi connectivity index (χ3v) is 4.68. The van der Waals surface area contributed by atoms with Crippen LogP contribution in [-0.4, -0.2) is 14.0 Å². The largest absolute Gasteiger partial charge is 0.378 e. The summed E-state index contributed by atoms with van der Waals surface area (Å²) in [5.74, 6) is -0.258. The number of aromatic nitrogens is 3. The second-order valence-corrected chi connectivity index (χ2v) is 6.48. The fraction of sp³-hybridized carbons (Fsp3) is 0.143.